The molecule has 1 N–H and O–H groups in total. The first-order valence-electron chi connectivity index (χ1n) is 6.82. The fourth-order valence-electron chi connectivity index (χ4n) is 3.28. The van der Waals surface area contributed by atoms with Gasteiger partial charge in [0.05, 0.1) is 11.7 Å². The maximum atomic E-state index is 10.6. The molecule has 0 aromatic rings. The minimum atomic E-state index is -0.318. The Morgan fingerprint density at radius 3 is 2.38 bits per heavy atom. The van der Waals surface area contributed by atoms with Crippen LogP contribution in [0.15, 0.2) is 0 Å². The van der Waals surface area contributed by atoms with Crippen LogP contribution in [0.5, 0.6) is 0 Å². The third kappa shape index (κ3) is 2.78. The van der Waals surface area contributed by atoms with Gasteiger partial charge in [0.25, 0.3) is 0 Å². The molecule has 1 fully saturated rings. The van der Waals surface area contributed by atoms with Gasteiger partial charge in [0.2, 0.25) is 0 Å². The molecule has 16 heavy (non-hydrogen) atoms. The van der Waals surface area contributed by atoms with Crippen LogP contribution in [0.1, 0.15) is 59.3 Å². The first kappa shape index (κ1) is 14.0. The predicted molar refractivity (Wildman–Crippen MR) is 67.5 cm³/mol. The highest BCUT2D eigenvalue weighted by atomic mass is 16.5. The van der Waals surface area contributed by atoms with E-state index in [0.717, 1.165) is 31.6 Å². The maximum Gasteiger partial charge on any atom is 0.0933 e. The third-order valence-corrected chi connectivity index (χ3v) is 4.57. The standard InChI is InChI=1S/C14H28O2/c1-5-14(6-2,16-4)13(15)12-9-7-8-11(3)10-12/h11-13,15H,5-10H2,1-4H3. The Balaban J connectivity index is 2.69. The lowest BCUT2D eigenvalue weighted by Crippen LogP contribution is -2.48. The molecule has 0 radical (unpaired) electrons. The van der Waals surface area contributed by atoms with Crippen molar-refractivity contribution in [3.8, 4) is 0 Å². The normalized spacial score (nSPS) is 29.1. The van der Waals surface area contributed by atoms with E-state index in [1.165, 1.54) is 12.8 Å². The van der Waals surface area contributed by atoms with E-state index >= 15 is 0 Å². The van der Waals surface area contributed by atoms with Gasteiger partial charge in [-0.1, -0.05) is 33.6 Å². The molecule has 1 aliphatic carbocycles. The van der Waals surface area contributed by atoms with E-state index in [0.29, 0.717) is 5.92 Å². The van der Waals surface area contributed by atoms with Crippen LogP contribution >= 0.6 is 0 Å². The van der Waals surface area contributed by atoms with E-state index < -0.39 is 0 Å². The summed E-state index contributed by atoms with van der Waals surface area (Å²) in [4.78, 5) is 0. The molecule has 2 heteroatoms. The van der Waals surface area contributed by atoms with Gasteiger partial charge in [0.1, 0.15) is 0 Å². The summed E-state index contributed by atoms with van der Waals surface area (Å²) < 4.78 is 5.64. The zero-order valence-corrected chi connectivity index (χ0v) is 11.3. The Kier molecular flexibility index (Phi) is 5.26. The van der Waals surface area contributed by atoms with Crippen molar-refractivity contribution in [2.45, 2.75) is 71.0 Å². The summed E-state index contributed by atoms with van der Waals surface area (Å²) >= 11 is 0. The molecular weight excluding hydrogens is 200 g/mol. The Morgan fingerprint density at radius 1 is 1.31 bits per heavy atom. The second kappa shape index (κ2) is 6.02. The molecule has 3 unspecified atom stereocenters. The molecule has 0 aromatic heterocycles. The highest BCUT2D eigenvalue weighted by molar-refractivity contribution is 4.91. The average molecular weight is 228 g/mol. The Hall–Kier alpha value is -0.0800. The molecular formula is C14H28O2. The van der Waals surface area contributed by atoms with E-state index in [1.807, 2.05) is 0 Å². The van der Waals surface area contributed by atoms with E-state index in [9.17, 15) is 5.11 Å². The van der Waals surface area contributed by atoms with Gasteiger partial charge >= 0.3 is 0 Å². The molecule has 0 amide bonds. The van der Waals surface area contributed by atoms with Crippen molar-refractivity contribution in [3.05, 3.63) is 0 Å². The van der Waals surface area contributed by atoms with Crippen molar-refractivity contribution < 1.29 is 9.84 Å². The first-order valence-corrected chi connectivity index (χ1v) is 6.82. The third-order valence-electron chi connectivity index (χ3n) is 4.57. The van der Waals surface area contributed by atoms with Gasteiger partial charge in [-0.15, -0.1) is 0 Å². The van der Waals surface area contributed by atoms with Gasteiger partial charge in [0, 0.05) is 7.11 Å². The molecule has 1 rings (SSSR count). The summed E-state index contributed by atoms with van der Waals surface area (Å²) in [7, 11) is 1.74. The van der Waals surface area contributed by atoms with Crippen molar-refractivity contribution in [1.82, 2.24) is 0 Å². The van der Waals surface area contributed by atoms with Gasteiger partial charge in [-0.25, -0.2) is 0 Å². The van der Waals surface area contributed by atoms with Crippen LogP contribution in [0, 0.1) is 11.8 Å². The topological polar surface area (TPSA) is 29.5 Å². The molecule has 0 aromatic carbocycles. The van der Waals surface area contributed by atoms with Crippen LogP contribution in [0.4, 0.5) is 0 Å². The van der Waals surface area contributed by atoms with Crippen LogP contribution < -0.4 is 0 Å². The molecule has 0 heterocycles. The fourth-order valence-corrected chi connectivity index (χ4v) is 3.28. The molecule has 0 aliphatic heterocycles. The van der Waals surface area contributed by atoms with Crippen LogP contribution in [0.25, 0.3) is 0 Å². The van der Waals surface area contributed by atoms with Crippen molar-refractivity contribution in [3.63, 3.8) is 0 Å². The monoisotopic (exact) mass is 228 g/mol. The lowest BCUT2D eigenvalue weighted by Gasteiger charge is -2.41. The minimum absolute atomic E-state index is 0.296. The highest BCUT2D eigenvalue weighted by Crippen LogP contribution is 2.37. The second-order valence-corrected chi connectivity index (χ2v) is 5.45. The number of methoxy groups -OCH3 is 1. The highest BCUT2D eigenvalue weighted by Gasteiger charge is 2.40. The number of aliphatic hydroxyl groups is 1. The van der Waals surface area contributed by atoms with Crippen LogP contribution in [0.2, 0.25) is 0 Å². The van der Waals surface area contributed by atoms with Crippen LogP contribution in [0.3, 0.4) is 0 Å². The molecule has 1 saturated carbocycles. The van der Waals surface area contributed by atoms with Crippen LogP contribution in [-0.2, 0) is 4.74 Å². The molecule has 0 bridgehead atoms. The zero-order chi connectivity index (χ0) is 12.2. The smallest absolute Gasteiger partial charge is 0.0933 e. The lowest BCUT2D eigenvalue weighted by molar-refractivity contribution is -0.135. The molecule has 0 saturated heterocycles. The lowest BCUT2D eigenvalue weighted by atomic mass is 9.73. The van der Waals surface area contributed by atoms with Crippen molar-refractivity contribution in [2.75, 3.05) is 7.11 Å². The van der Waals surface area contributed by atoms with Gasteiger partial charge in [-0.3, -0.25) is 0 Å². The largest absolute Gasteiger partial charge is 0.390 e. The number of rotatable bonds is 5. The number of ether oxygens (including phenoxy) is 1. The van der Waals surface area contributed by atoms with Crippen molar-refractivity contribution in [2.24, 2.45) is 11.8 Å². The van der Waals surface area contributed by atoms with Gasteiger partial charge in [-0.2, -0.15) is 0 Å². The van der Waals surface area contributed by atoms with Gasteiger partial charge in [-0.05, 0) is 37.5 Å². The van der Waals surface area contributed by atoms with E-state index in [2.05, 4.69) is 20.8 Å². The first-order chi connectivity index (χ1) is 7.59. The molecule has 3 atom stereocenters. The maximum absolute atomic E-state index is 10.6. The SMILES string of the molecule is CCC(CC)(OC)C(O)C1CCCC(C)C1. The molecule has 1 aliphatic rings. The summed E-state index contributed by atoms with van der Waals surface area (Å²) in [6.45, 7) is 6.52. The summed E-state index contributed by atoms with van der Waals surface area (Å²) in [6.07, 6.45) is 6.40. The summed E-state index contributed by atoms with van der Waals surface area (Å²) in [5.74, 6) is 1.19. The summed E-state index contributed by atoms with van der Waals surface area (Å²) in [5, 5.41) is 10.6. The average Bonchev–Trinajstić information content (AvgIpc) is 2.32. The van der Waals surface area contributed by atoms with Crippen LogP contribution in [-0.4, -0.2) is 23.9 Å². The molecule has 0 spiro atoms. The number of aliphatic hydroxyl groups excluding tert-OH is 1. The quantitative estimate of drug-likeness (QED) is 0.781. The second-order valence-electron chi connectivity index (χ2n) is 5.45. The molecule has 2 nitrogen and oxygen atoms in total. The Labute approximate surface area is 100 Å². The predicted octanol–water partition coefficient (Wildman–Crippen LogP) is 3.38. The summed E-state index contributed by atoms with van der Waals surface area (Å²) in [5.41, 5.74) is -0.318. The Morgan fingerprint density at radius 2 is 1.94 bits per heavy atom. The summed E-state index contributed by atoms with van der Waals surface area (Å²) in [6, 6.07) is 0. The van der Waals surface area contributed by atoms with E-state index in [1.54, 1.807) is 7.11 Å². The fraction of sp³-hybridized carbons (Fsp3) is 1.00. The van der Waals surface area contributed by atoms with E-state index in [4.69, 9.17) is 4.74 Å². The van der Waals surface area contributed by atoms with Gasteiger partial charge in [0.15, 0.2) is 0 Å². The molecule has 96 valence electrons. The van der Waals surface area contributed by atoms with Gasteiger partial charge < -0.3 is 9.84 Å². The van der Waals surface area contributed by atoms with E-state index in [-0.39, 0.29) is 11.7 Å². The zero-order valence-electron chi connectivity index (χ0n) is 11.3. The number of hydrogen-bond acceptors (Lipinski definition) is 2. The van der Waals surface area contributed by atoms with Crippen molar-refractivity contribution in [1.29, 1.82) is 0 Å². The minimum Gasteiger partial charge on any atom is -0.390 e. The number of hydrogen-bond donors (Lipinski definition) is 1. The van der Waals surface area contributed by atoms with Crippen molar-refractivity contribution >= 4 is 0 Å². The Bertz CT molecular complexity index is 191.